The first-order valence-corrected chi connectivity index (χ1v) is 12.3. The zero-order valence-electron chi connectivity index (χ0n) is 17.7. The maximum Gasteiger partial charge on any atom is 0.277 e. The van der Waals surface area contributed by atoms with Gasteiger partial charge in [-0.15, -0.1) is 11.3 Å². The zero-order chi connectivity index (χ0) is 21.2. The summed E-state index contributed by atoms with van der Waals surface area (Å²) in [6, 6.07) is 3.61. The summed E-state index contributed by atoms with van der Waals surface area (Å²) in [5, 5.41) is 2.96. The van der Waals surface area contributed by atoms with Gasteiger partial charge < -0.3 is 9.80 Å². The Labute approximate surface area is 187 Å². The Hall–Kier alpha value is -2.54. The van der Waals surface area contributed by atoms with E-state index in [1.807, 2.05) is 21.2 Å². The first-order valence-electron chi connectivity index (χ1n) is 11.4. The molecule has 7 heteroatoms. The summed E-state index contributed by atoms with van der Waals surface area (Å²) in [5.41, 5.74) is 2.46. The second-order valence-electron chi connectivity index (χ2n) is 8.73. The van der Waals surface area contributed by atoms with Crippen molar-refractivity contribution in [1.82, 2.24) is 19.8 Å². The van der Waals surface area contributed by atoms with E-state index in [4.69, 9.17) is 4.98 Å². The summed E-state index contributed by atoms with van der Waals surface area (Å²) in [5.74, 6) is 0.963. The Morgan fingerprint density at radius 2 is 1.84 bits per heavy atom. The third-order valence-corrected chi connectivity index (χ3v) is 7.81. The molecule has 6 nitrogen and oxygen atoms in total. The number of amides is 2. The lowest BCUT2D eigenvalue weighted by Gasteiger charge is -2.37. The van der Waals surface area contributed by atoms with Crippen LogP contribution in [0.25, 0.3) is 0 Å². The van der Waals surface area contributed by atoms with Crippen molar-refractivity contribution >= 4 is 23.2 Å². The molecule has 2 aliphatic heterocycles. The number of rotatable bonds is 3. The average Bonchev–Trinajstić information content (AvgIpc) is 3.34. The Bertz CT molecular complexity index is 978. The van der Waals surface area contributed by atoms with Crippen LogP contribution in [0.3, 0.4) is 0 Å². The molecule has 2 aromatic rings. The number of likely N-dealkylation sites (tertiary alicyclic amines) is 2. The van der Waals surface area contributed by atoms with Crippen molar-refractivity contribution in [2.45, 2.75) is 50.9 Å². The van der Waals surface area contributed by atoms with Crippen molar-refractivity contribution in [3.05, 3.63) is 57.9 Å². The van der Waals surface area contributed by atoms with Crippen LogP contribution in [0.1, 0.15) is 76.7 Å². The van der Waals surface area contributed by atoms with Gasteiger partial charge in [0.05, 0.1) is 10.6 Å². The van der Waals surface area contributed by atoms with E-state index in [9.17, 15) is 9.59 Å². The summed E-state index contributed by atoms with van der Waals surface area (Å²) >= 11 is 1.59. The van der Waals surface area contributed by atoms with Crippen LogP contribution in [0.2, 0.25) is 0 Å². The Kier molecular flexibility index (Phi) is 5.85. The summed E-state index contributed by atoms with van der Waals surface area (Å²) < 4.78 is 0. The van der Waals surface area contributed by atoms with Gasteiger partial charge >= 0.3 is 0 Å². The molecule has 2 aromatic heterocycles. The lowest BCUT2D eigenvalue weighted by atomic mass is 9.85. The molecule has 162 valence electrons. The van der Waals surface area contributed by atoms with E-state index in [2.05, 4.69) is 11.1 Å². The number of pyridine rings is 1. The van der Waals surface area contributed by atoms with E-state index < -0.39 is 0 Å². The summed E-state index contributed by atoms with van der Waals surface area (Å²) in [6.45, 7) is 2.23. The molecule has 31 heavy (non-hydrogen) atoms. The highest BCUT2D eigenvalue weighted by molar-refractivity contribution is 7.09. The van der Waals surface area contributed by atoms with Crippen LogP contribution in [-0.4, -0.2) is 51.2 Å². The number of nitrogens with zero attached hydrogens (tertiary/aromatic N) is 4. The van der Waals surface area contributed by atoms with Crippen LogP contribution >= 0.6 is 11.3 Å². The van der Waals surface area contributed by atoms with Crippen LogP contribution in [-0.2, 0) is 0 Å². The third kappa shape index (κ3) is 4.15. The molecule has 5 rings (SSSR count). The van der Waals surface area contributed by atoms with Crippen LogP contribution in [0.15, 0.2) is 41.7 Å². The molecule has 2 fully saturated rings. The molecule has 0 radical (unpaired) electrons. The normalized spacial score (nSPS) is 22.1. The molecule has 0 bridgehead atoms. The number of carbonyl (C=O) groups excluding carboxylic acids is 2. The molecule has 2 saturated heterocycles. The molecule has 0 spiro atoms. The molecular weight excluding hydrogens is 408 g/mol. The molecular formula is C24H28N4O2S. The molecule has 4 heterocycles. The van der Waals surface area contributed by atoms with Crippen molar-refractivity contribution in [3.8, 4) is 0 Å². The number of aromatic nitrogens is 2. The molecule has 0 N–H and O–H groups in total. The minimum atomic E-state index is 0.0435. The fourth-order valence-electron chi connectivity index (χ4n) is 5.11. The molecule has 1 aliphatic carbocycles. The lowest BCUT2D eigenvalue weighted by molar-refractivity contribution is 0.0712. The number of thiazole rings is 1. The van der Waals surface area contributed by atoms with E-state index >= 15 is 0 Å². The Morgan fingerprint density at radius 3 is 2.65 bits per heavy atom. The molecule has 3 aliphatic rings. The topological polar surface area (TPSA) is 66.4 Å². The Balaban J connectivity index is 1.23. The molecule has 1 atom stereocenters. The van der Waals surface area contributed by atoms with Crippen LogP contribution in [0.5, 0.6) is 0 Å². The van der Waals surface area contributed by atoms with Crippen molar-refractivity contribution in [2.24, 2.45) is 5.92 Å². The van der Waals surface area contributed by atoms with E-state index in [1.54, 1.807) is 29.8 Å². The number of carbonyl (C=O) groups is 2. The standard InChI is InChI=1S/C24H28N4O2S/c29-23(19-6-3-11-25-15-19)27-13-9-18(10-14-27)22-26-20(16-31-22)24(30)28-12-4-7-17-5-1-2-8-21(17)28/h3,6,8,11,15-18H,1-2,4-5,7,9-10,12-14H2. The Morgan fingerprint density at radius 1 is 1.00 bits per heavy atom. The van der Waals surface area contributed by atoms with Crippen molar-refractivity contribution in [1.29, 1.82) is 0 Å². The number of hydrogen-bond donors (Lipinski definition) is 0. The second-order valence-corrected chi connectivity index (χ2v) is 9.62. The van der Waals surface area contributed by atoms with E-state index in [-0.39, 0.29) is 11.8 Å². The van der Waals surface area contributed by atoms with Gasteiger partial charge in [-0.1, -0.05) is 6.08 Å². The van der Waals surface area contributed by atoms with Crippen LogP contribution < -0.4 is 0 Å². The predicted octanol–water partition coefficient (Wildman–Crippen LogP) is 4.48. The quantitative estimate of drug-likeness (QED) is 0.712. The van der Waals surface area contributed by atoms with Crippen molar-refractivity contribution in [3.63, 3.8) is 0 Å². The van der Waals surface area contributed by atoms with Gasteiger partial charge in [0.1, 0.15) is 5.69 Å². The first-order chi connectivity index (χ1) is 15.2. The van der Waals surface area contributed by atoms with Crippen LogP contribution in [0.4, 0.5) is 0 Å². The van der Waals surface area contributed by atoms with Crippen LogP contribution in [0, 0.1) is 5.92 Å². The number of allylic oxidation sites excluding steroid dienone is 2. The van der Waals surface area contributed by atoms with Gasteiger partial charge in [-0.25, -0.2) is 4.98 Å². The number of fused-ring (bicyclic) bond motifs is 1. The van der Waals surface area contributed by atoms with Crippen molar-refractivity contribution in [2.75, 3.05) is 19.6 Å². The molecule has 1 unspecified atom stereocenters. The van der Waals surface area contributed by atoms with Gasteiger partial charge in [0, 0.05) is 49.0 Å². The molecule has 0 aromatic carbocycles. The molecule has 0 saturated carbocycles. The fraction of sp³-hybridized carbons (Fsp3) is 0.500. The fourth-order valence-corrected chi connectivity index (χ4v) is 6.07. The third-order valence-electron chi connectivity index (χ3n) is 6.80. The summed E-state index contributed by atoms with van der Waals surface area (Å²) in [7, 11) is 0. The summed E-state index contributed by atoms with van der Waals surface area (Å²) in [4.78, 5) is 38.6. The number of hydrogen-bond acceptors (Lipinski definition) is 5. The average molecular weight is 437 g/mol. The minimum Gasteiger partial charge on any atom is -0.339 e. The summed E-state index contributed by atoms with van der Waals surface area (Å²) in [6.07, 6.45) is 13.1. The van der Waals surface area contributed by atoms with Crippen molar-refractivity contribution < 1.29 is 9.59 Å². The highest BCUT2D eigenvalue weighted by Crippen LogP contribution is 2.36. The van der Waals surface area contributed by atoms with Gasteiger partial charge in [-0.3, -0.25) is 14.6 Å². The van der Waals surface area contributed by atoms with E-state index in [0.717, 1.165) is 37.2 Å². The van der Waals surface area contributed by atoms with E-state index in [1.165, 1.54) is 25.0 Å². The lowest BCUT2D eigenvalue weighted by Crippen LogP contribution is -2.39. The van der Waals surface area contributed by atoms with Gasteiger partial charge in [-0.05, 0) is 63.0 Å². The first kappa shape index (κ1) is 20.4. The molecule has 2 amide bonds. The largest absolute Gasteiger partial charge is 0.339 e. The van der Waals surface area contributed by atoms with Gasteiger partial charge in [0.25, 0.3) is 11.8 Å². The highest BCUT2D eigenvalue weighted by Gasteiger charge is 2.33. The highest BCUT2D eigenvalue weighted by atomic mass is 32.1. The maximum absolute atomic E-state index is 13.2. The SMILES string of the molecule is O=C(c1cccnc1)N1CCC(c2nc(C(=O)N3CCCC4CCCC=C43)cs2)CC1. The smallest absolute Gasteiger partial charge is 0.277 e. The van der Waals surface area contributed by atoms with Gasteiger partial charge in [0.2, 0.25) is 0 Å². The second kappa shape index (κ2) is 8.91. The monoisotopic (exact) mass is 436 g/mol. The van der Waals surface area contributed by atoms with Gasteiger partial charge in [0.15, 0.2) is 0 Å². The minimum absolute atomic E-state index is 0.0435. The van der Waals surface area contributed by atoms with E-state index in [0.29, 0.717) is 36.2 Å². The predicted molar refractivity (Wildman–Crippen MR) is 120 cm³/mol. The maximum atomic E-state index is 13.2. The number of piperidine rings is 2. The zero-order valence-corrected chi connectivity index (χ0v) is 18.5. The van der Waals surface area contributed by atoms with Gasteiger partial charge in [-0.2, -0.15) is 0 Å².